The molecule has 0 aliphatic heterocycles. The second-order valence-corrected chi connectivity index (χ2v) is 4.44. The molecular weight excluding hydrogens is 307 g/mol. The third-order valence-electron chi connectivity index (χ3n) is 1.65. The summed E-state index contributed by atoms with van der Waals surface area (Å²) < 4.78 is 6.20. The van der Waals surface area contributed by atoms with Crippen molar-refractivity contribution >= 4 is 28.6 Å². The topological polar surface area (TPSA) is 46.5 Å². The standard InChI is InChI=1S/C11H11IO3/c1-7(2)6-15-10-4-3-8(12)5-9(10)11(13)14/h3-5H,1,6H2,2H3,(H,13,14). The van der Waals surface area contributed by atoms with Crippen LogP contribution in [0, 0.1) is 3.57 Å². The van der Waals surface area contributed by atoms with Gasteiger partial charge in [-0.15, -0.1) is 0 Å². The van der Waals surface area contributed by atoms with Gasteiger partial charge in [-0.3, -0.25) is 0 Å². The van der Waals surface area contributed by atoms with Crippen molar-refractivity contribution in [2.75, 3.05) is 6.61 Å². The minimum absolute atomic E-state index is 0.183. The summed E-state index contributed by atoms with van der Waals surface area (Å²) in [5, 5.41) is 8.95. The van der Waals surface area contributed by atoms with E-state index in [1.807, 2.05) is 6.92 Å². The summed E-state index contributed by atoms with van der Waals surface area (Å²) in [4.78, 5) is 10.9. The zero-order valence-corrected chi connectivity index (χ0v) is 10.4. The molecule has 4 heteroatoms. The van der Waals surface area contributed by atoms with Crippen LogP contribution in [0.15, 0.2) is 30.4 Å². The number of hydrogen-bond acceptors (Lipinski definition) is 2. The van der Waals surface area contributed by atoms with Crippen LogP contribution in [0.1, 0.15) is 17.3 Å². The van der Waals surface area contributed by atoms with Gasteiger partial charge in [-0.2, -0.15) is 0 Å². The van der Waals surface area contributed by atoms with Crippen molar-refractivity contribution in [1.82, 2.24) is 0 Å². The summed E-state index contributed by atoms with van der Waals surface area (Å²) in [6.45, 7) is 5.85. The molecule has 0 fully saturated rings. The van der Waals surface area contributed by atoms with Crippen LogP contribution in [0.3, 0.4) is 0 Å². The van der Waals surface area contributed by atoms with Crippen LogP contribution in [0.2, 0.25) is 0 Å². The Bertz CT molecular complexity index is 399. The second kappa shape index (κ2) is 5.16. The third-order valence-corrected chi connectivity index (χ3v) is 2.32. The third kappa shape index (κ3) is 3.54. The zero-order chi connectivity index (χ0) is 11.4. The maximum absolute atomic E-state index is 10.9. The average molecular weight is 318 g/mol. The molecule has 0 radical (unpaired) electrons. The molecule has 0 saturated heterocycles. The number of carboxylic acid groups (broad SMARTS) is 1. The van der Waals surface area contributed by atoms with E-state index < -0.39 is 5.97 Å². The molecular formula is C11H11IO3. The van der Waals surface area contributed by atoms with Crippen molar-refractivity contribution in [3.63, 3.8) is 0 Å². The molecule has 0 saturated carbocycles. The molecule has 3 nitrogen and oxygen atoms in total. The summed E-state index contributed by atoms with van der Waals surface area (Å²) in [5.41, 5.74) is 1.04. The zero-order valence-electron chi connectivity index (χ0n) is 8.29. The van der Waals surface area contributed by atoms with Crippen LogP contribution in [0.4, 0.5) is 0 Å². The van der Waals surface area contributed by atoms with Gasteiger partial charge in [-0.1, -0.05) is 6.58 Å². The Balaban J connectivity index is 2.95. The molecule has 1 rings (SSSR count). The number of rotatable bonds is 4. The fraction of sp³-hybridized carbons (Fsp3) is 0.182. The summed E-state index contributed by atoms with van der Waals surface area (Å²) in [5.74, 6) is -0.601. The highest BCUT2D eigenvalue weighted by Crippen LogP contribution is 2.21. The van der Waals surface area contributed by atoms with Gasteiger partial charge in [0.1, 0.15) is 17.9 Å². The second-order valence-electron chi connectivity index (χ2n) is 3.19. The molecule has 0 aliphatic carbocycles. The minimum atomic E-state index is -0.981. The maximum atomic E-state index is 10.9. The van der Waals surface area contributed by atoms with Gasteiger partial charge in [-0.05, 0) is 53.3 Å². The molecule has 0 aliphatic rings. The largest absolute Gasteiger partial charge is 0.488 e. The molecule has 0 heterocycles. The molecule has 0 unspecified atom stereocenters. The number of ether oxygens (including phenoxy) is 1. The lowest BCUT2D eigenvalue weighted by Gasteiger charge is -2.08. The van der Waals surface area contributed by atoms with E-state index in [4.69, 9.17) is 9.84 Å². The van der Waals surface area contributed by atoms with Crippen LogP contribution in [-0.4, -0.2) is 17.7 Å². The number of halogens is 1. The average Bonchev–Trinajstić information content (AvgIpc) is 2.15. The molecule has 0 bridgehead atoms. The summed E-state index contributed by atoms with van der Waals surface area (Å²) in [6, 6.07) is 5.05. The first-order valence-corrected chi connectivity index (χ1v) is 5.38. The van der Waals surface area contributed by atoms with E-state index in [9.17, 15) is 4.79 Å². The molecule has 1 aromatic rings. The number of aromatic carboxylic acids is 1. The van der Waals surface area contributed by atoms with E-state index >= 15 is 0 Å². The van der Waals surface area contributed by atoms with Gasteiger partial charge in [0.15, 0.2) is 0 Å². The first kappa shape index (κ1) is 12.0. The van der Waals surface area contributed by atoms with Crippen LogP contribution in [-0.2, 0) is 0 Å². The van der Waals surface area contributed by atoms with Crippen LogP contribution in [0.25, 0.3) is 0 Å². The Morgan fingerprint density at radius 3 is 2.80 bits per heavy atom. The van der Waals surface area contributed by atoms with Crippen molar-refractivity contribution in [2.45, 2.75) is 6.92 Å². The van der Waals surface area contributed by atoms with E-state index in [1.165, 1.54) is 0 Å². The van der Waals surface area contributed by atoms with Gasteiger partial charge in [0.25, 0.3) is 0 Å². The maximum Gasteiger partial charge on any atom is 0.339 e. The first-order valence-electron chi connectivity index (χ1n) is 4.30. The normalized spacial score (nSPS) is 9.73. The van der Waals surface area contributed by atoms with Gasteiger partial charge in [-0.25, -0.2) is 4.79 Å². The molecule has 0 spiro atoms. The molecule has 80 valence electrons. The van der Waals surface area contributed by atoms with Gasteiger partial charge in [0.05, 0.1) is 0 Å². The van der Waals surface area contributed by atoms with E-state index in [-0.39, 0.29) is 5.56 Å². The monoisotopic (exact) mass is 318 g/mol. The predicted molar refractivity (Wildman–Crippen MR) is 66.4 cm³/mol. The lowest BCUT2D eigenvalue weighted by Crippen LogP contribution is -2.05. The molecule has 0 amide bonds. The Kier molecular flexibility index (Phi) is 4.14. The Labute approximate surface area is 102 Å². The summed E-state index contributed by atoms with van der Waals surface area (Å²) in [7, 11) is 0. The van der Waals surface area contributed by atoms with Gasteiger partial charge in [0.2, 0.25) is 0 Å². The smallest absolute Gasteiger partial charge is 0.339 e. The Morgan fingerprint density at radius 2 is 2.27 bits per heavy atom. The molecule has 1 aromatic carbocycles. The summed E-state index contributed by atoms with van der Waals surface area (Å²) >= 11 is 2.06. The summed E-state index contributed by atoms with van der Waals surface area (Å²) in [6.07, 6.45) is 0. The van der Waals surface area contributed by atoms with Crippen molar-refractivity contribution < 1.29 is 14.6 Å². The minimum Gasteiger partial charge on any atom is -0.488 e. The van der Waals surface area contributed by atoms with E-state index in [2.05, 4.69) is 29.2 Å². The number of carbonyl (C=O) groups is 1. The van der Waals surface area contributed by atoms with Crippen molar-refractivity contribution in [3.05, 3.63) is 39.5 Å². The molecule has 0 aromatic heterocycles. The van der Waals surface area contributed by atoms with E-state index in [0.29, 0.717) is 12.4 Å². The van der Waals surface area contributed by atoms with Gasteiger partial charge in [0, 0.05) is 3.57 Å². The first-order chi connectivity index (χ1) is 7.00. The Hall–Kier alpha value is -1.04. The predicted octanol–water partition coefficient (Wildman–Crippen LogP) is 2.94. The van der Waals surface area contributed by atoms with Crippen molar-refractivity contribution in [3.8, 4) is 5.75 Å². The Morgan fingerprint density at radius 1 is 1.60 bits per heavy atom. The van der Waals surface area contributed by atoms with Gasteiger partial charge >= 0.3 is 5.97 Å². The van der Waals surface area contributed by atoms with Crippen LogP contribution < -0.4 is 4.74 Å². The molecule has 0 atom stereocenters. The van der Waals surface area contributed by atoms with Crippen molar-refractivity contribution in [1.29, 1.82) is 0 Å². The van der Waals surface area contributed by atoms with Crippen LogP contribution >= 0.6 is 22.6 Å². The fourth-order valence-corrected chi connectivity index (χ4v) is 1.49. The highest BCUT2D eigenvalue weighted by atomic mass is 127. The number of carboxylic acids is 1. The van der Waals surface area contributed by atoms with Crippen LogP contribution in [0.5, 0.6) is 5.75 Å². The highest BCUT2D eigenvalue weighted by Gasteiger charge is 2.11. The SMILES string of the molecule is C=C(C)COc1ccc(I)cc1C(=O)O. The number of benzene rings is 1. The van der Waals surface area contributed by atoms with E-state index in [1.54, 1.807) is 18.2 Å². The molecule has 1 N–H and O–H groups in total. The van der Waals surface area contributed by atoms with Gasteiger partial charge < -0.3 is 9.84 Å². The molecule has 15 heavy (non-hydrogen) atoms. The van der Waals surface area contributed by atoms with Crippen molar-refractivity contribution in [2.24, 2.45) is 0 Å². The lowest BCUT2D eigenvalue weighted by molar-refractivity contribution is 0.0692. The number of hydrogen-bond donors (Lipinski definition) is 1. The quantitative estimate of drug-likeness (QED) is 0.686. The highest BCUT2D eigenvalue weighted by molar-refractivity contribution is 14.1. The fourth-order valence-electron chi connectivity index (χ4n) is 0.996. The van der Waals surface area contributed by atoms with E-state index in [0.717, 1.165) is 9.14 Å². The lowest BCUT2D eigenvalue weighted by atomic mass is 10.2.